The molecule has 0 saturated carbocycles. The van der Waals surface area contributed by atoms with Crippen LogP contribution in [0.5, 0.6) is 0 Å². The van der Waals surface area contributed by atoms with E-state index >= 15 is 0 Å². The fourth-order valence-electron chi connectivity index (χ4n) is 3.24. The Bertz CT molecular complexity index is 1220. The third-order valence-corrected chi connectivity index (χ3v) is 5.90. The molecule has 3 aromatic rings. The summed E-state index contributed by atoms with van der Waals surface area (Å²) in [7, 11) is 0. The smallest absolute Gasteiger partial charge is 0.271 e. The summed E-state index contributed by atoms with van der Waals surface area (Å²) < 4.78 is 19.9. The number of imide groups is 1. The van der Waals surface area contributed by atoms with Crippen LogP contribution in [0.15, 0.2) is 57.5 Å². The first-order valence-corrected chi connectivity index (χ1v) is 9.73. The molecule has 0 fully saturated rings. The van der Waals surface area contributed by atoms with Gasteiger partial charge in [0.05, 0.1) is 4.70 Å². The molecule has 4 rings (SSSR count). The molecule has 0 spiro atoms. The number of amides is 2. The fraction of sp³-hybridized carbons (Fsp3) is 0.136. The topological polar surface area (TPSA) is 74.3 Å². The number of nitrogens with zero attached hydrogens (tertiary/aromatic N) is 2. The summed E-state index contributed by atoms with van der Waals surface area (Å²) in [6.45, 7) is 3.45. The van der Waals surface area contributed by atoms with Crippen LogP contribution in [0.3, 0.4) is 0 Å². The van der Waals surface area contributed by atoms with Gasteiger partial charge in [0.1, 0.15) is 28.8 Å². The summed E-state index contributed by atoms with van der Waals surface area (Å²) >= 11 is 1.49. The quantitative estimate of drug-likeness (QED) is 0.457. The maximum Gasteiger partial charge on any atom is 0.271 e. The van der Waals surface area contributed by atoms with Gasteiger partial charge in [0.15, 0.2) is 0 Å². The zero-order valence-electron chi connectivity index (χ0n) is 15.7. The molecule has 0 saturated heterocycles. The van der Waals surface area contributed by atoms with E-state index in [1.54, 1.807) is 38.1 Å². The highest BCUT2D eigenvalue weighted by Gasteiger charge is 2.34. The van der Waals surface area contributed by atoms with Gasteiger partial charge in [0.25, 0.3) is 11.8 Å². The highest BCUT2D eigenvalue weighted by Crippen LogP contribution is 2.36. The lowest BCUT2D eigenvalue weighted by Crippen LogP contribution is -2.42. The maximum atomic E-state index is 13.1. The Morgan fingerprint density at radius 1 is 1.21 bits per heavy atom. The predicted octanol–water partition coefficient (Wildman–Crippen LogP) is 4.91. The van der Waals surface area contributed by atoms with E-state index in [-0.39, 0.29) is 23.5 Å². The lowest BCUT2D eigenvalue weighted by atomic mass is 9.95. The van der Waals surface area contributed by atoms with Crippen molar-refractivity contribution >= 4 is 39.5 Å². The second kappa shape index (κ2) is 7.15. The van der Waals surface area contributed by atoms with Crippen molar-refractivity contribution in [1.82, 2.24) is 4.90 Å². The number of carbonyl (C=O) groups excluding carboxylic acids is 2. The van der Waals surface area contributed by atoms with Gasteiger partial charge >= 0.3 is 0 Å². The monoisotopic (exact) mass is 406 g/mol. The Balaban J connectivity index is 1.74. The van der Waals surface area contributed by atoms with Crippen LogP contribution >= 0.6 is 11.3 Å². The number of likely N-dealkylation sites (N-methyl/N-ethyl adjacent to an activating group) is 1. The summed E-state index contributed by atoms with van der Waals surface area (Å²) in [4.78, 5) is 26.9. The van der Waals surface area contributed by atoms with Crippen molar-refractivity contribution < 1.29 is 18.4 Å². The Labute approximate surface area is 170 Å². The van der Waals surface area contributed by atoms with Crippen molar-refractivity contribution in [2.24, 2.45) is 0 Å². The number of nitriles is 1. The summed E-state index contributed by atoms with van der Waals surface area (Å²) in [6, 6.07) is 11.8. The number of thiophene rings is 1. The molecular formula is C22H15FN2O3S. The van der Waals surface area contributed by atoms with Gasteiger partial charge in [-0.25, -0.2) is 4.39 Å². The predicted molar refractivity (Wildman–Crippen MR) is 108 cm³/mol. The van der Waals surface area contributed by atoms with E-state index in [0.717, 1.165) is 20.0 Å². The first kappa shape index (κ1) is 18.8. The standard InChI is InChI=1S/C22H15FN2O3S/c1-3-25-21(26)16(12(2)17(11-24)22(25)27)8-15-9-20-18(28-15)10-19(29-20)13-4-6-14(23)7-5-13/h4-10H,3H2,1-2H3/b16-8-. The van der Waals surface area contributed by atoms with Crippen LogP contribution in [0, 0.1) is 17.1 Å². The summed E-state index contributed by atoms with van der Waals surface area (Å²) in [5, 5.41) is 9.31. The Hall–Kier alpha value is -3.50. The molecule has 0 unspecified atom stereocenters. The molecule has 2 amide bonds. The van der Waals surface area contributed by atoms with E-state index < -0.39 is 11.8 Å². The molecule has 0 radical (unpaired) electrons. The van der Waals surface area contributed by atoms with Crippen LogP contribution < -0.4 is 0 Å². The SMILES string of the molecule is CCN1C(=O)C(C#N)=C(C)/C(=C/c2cc3sc(-c4ccc(F)cc4)cc3o2)C1=O. The number of halogens is 1. The molecular weight excluding hydrogens is 391 g/mol. The second-order valence-corrected chi connectivity index (χ2v) is 7.60. The molecule has 0 bridgehead atoms. The molecule has 144 valence electrons. The van der Waals surface area contributed by atoms with Gasteiger partial charge in [0.2, 0.25) is 0 Å². The van der Waals surface area contributed by atoms with Gasteiger partial charge < -0.3 is 4.42 Å². The van der Waals surface area contributed by atoms with Crippen molar-refractivity contribution in [3.8, 4) is 16.5 Å². The van der Waals surface area contributed by atoms with E-state index in [9.17, 15) is 19.2 Å². The van der Waals surface area contributed by atoms with Gasteiger partial charge in [-0.2, -0.15) is 5.26 Å². The molecule has 29 heavy (non-hydrogen) atoms. The largest absolute Gasteiger partial charge is 0.456 e. The van der Waals surface area contributed by atoms with Crippen LogP contribution in [0.25, 0.3) is 26.8 Å². The van der Waals surface area contributed by atoms with Gasteiger partial charge in [0, 0.05) is 29.1 Å². The number of fused-ring (bicyclic) bond motifs is 1. The lowest BCUT2D eigenvalue weighted by molar-refractivity contribution is -0.140. The van der Waals surface area contributed by atoms with Crippen LogP contribution in [-0.4, -0.2) is 23.3 Å². The molecule has 5 nitrogen and oxygen atoms in total. The highest BCUT2D eigenvalue weighted by atomic mass is 32.1. The summed E-state index contributed by atoms with van der Waals surface area (Å²) in [5.41, 5.74) is 2.11. The molecule has 1 aromatic carbocycles. The number of rotatable bonds is 3. The molecule has 0 N–H and O–H groups in total. The molecule has 2 aromatic heterocycles. The molecule has 1 aliphatic rings. The fourth-order valence-corrected chi connectivity index (χ4v) is 4.27. The van der Waals surface area contributed by atoms with Crippen molar-refractivity contribution in [3.63, 3.8) is 0 Å². The van der Waals surface area contributed by atoms with E-state index in [2.05, 4.69) is 0 Å². The third-order valence-electron chi connectivity index (χ3n) is 4.78. The average molecular weight is 406 g/mol. The van der Waals surface area contributed by atoms with Crippen molar-refractivity contribution in [2.45, 2.75) is 13.8 Å². The number of furan rings is 1. The minimum absolute atomic E-state index is 0.0373. The van der Waals surface area contributed by atoms with Gasteiger partial charge in [-0.05, 0) is 43.2 Å². The zero-order valence-corrected chi connectivity index (χ0v) is 16.5. The Morgan fingerprint density at radius 2 is 1.93 bits per heavy atom. The van der Waals surface area contributed by atoms with E-state index in [1.165, 1.54) is 23.5 Å². The van der Waals surface area contributed by atoms with Crippen LogP contribution in [0.2, 0.25) is 0 Å². The Morgan fingerprint density at radius 3 is 2.55 bits per heavy atom. The first-order chi connectivity index (χ1) is 13.9. The molecule has 7 heteroatoms. The average Bonchev–Trinajstić information content (AvgIpc) is 3.25. The van der Waals surface area contributed by atoms with E-state index in [1.807, 2.05) is 12.1 Å². The summed E-state index contributed by atoms with van der Waals surface area (Å²) in [6.07, 6.45) is 1.56. The van der Waals surface area contributed by atoms with Gasteiger partial charge in [-0.15, -0.1) is 11.3 Å². The number of carbonyl (C=O) groups is 2. The van der Waals surface area contributed by atoms with Crippen LogP contribution in [0.1, 0.15) is 19.6 Å². The van der Waals surface area contributed by atoms with Gasteiger partial charge in [-0.1, -0.05) is 12.1 Å². The Kier molecular flexibility index (Phi) is 4.65. The van der Waals surface area contributed by atoms with E-state index in [4.69, 9.17) is 4.42 Å². The maximum absolute atomic E-state index is 13.1. The zero-order chi connectivity index (χ0) is 20.7. The second-order valence-electron chi connectivity index (χ2n) is 6.52. The molecule has 0 aliphatic carbocycles. The van der Waals surface area contributed by atoms with E-state index in [0.29, 0.717) is 16.9 Å². The number of hydrogen-bond donors (Lipinski definition) is 0. The number of benzene rings is 1. The van der Waals surface area contributed by atoms with Gasteiger partial charge in [-0.3, -0.25) is 14.5 Å². The summed E-state index contributed by atoms with van der Waals surface area (Å²) in [5.74, 6) is -0.845. The van der Waals surface area contributed by atoms with Crippen molar-refractivity contribution in [2.75, 3.05) is 6.54 Å². The number of hydrogen-bond acceptors (Lipinski definition) is 5. The van der Waals surface area contributed by atoms with Crippen molar-refractivity contribution in [1.29, 1.82) is 5.26 Å². The first-order valence-electron chi connectivity index (χ1n) is 8.91. The minimum atomic E-state index is -0.570. The molecule has 3 heterocycles. The highest BCUT2D eigenvalue weighted by molar-refractivity contribution is 7.22. The molecule has 0 atom stereocenters. The van der Waals surface area contributed by atoms with Crippen LogP contribution in [-0.2, 0) is 9.59 Å². The van der Waals surface area contributed by atoms with Crippen molar-refractivity contribution in [3.05, 3.63) is 64.7 Å². The third kappa shape index (κ3) is 3.18. The minimum Gasteiger partial charge on any atom is -0.456 e. The lowest BCUT2D eigenvalue weighted by Gasteiger charge is -2.25. The normalized spacial score (nSPS) is 16.2. The van der Waals surface area contributed by atoms with Crippen LogP contribution in [0.4, 0.5) is 4.39 Å². The molecule has 1 aliphatic heterocycles.